The van der Waals surface area contributed by atoms with Crippen LogP contribution in [0.4, 0.5) is 10.1 Å². The third-order valence-electron chi connectivity index (χ3n) is 6.51. The van der Waals surface area contributed by atoms with Crippen LogP contribution in [0, 0.1) is 0 Å². The van der Waals surface area contributed by atoms with Crippen LogP contribution in [0.15, 0.2) is 71.9 Å². The number of nitrogens with one attached hydrogen (secondary N) is 2. The Balaban J connectivity index is 1.30. The summed E-state index contributed by atoms with van der Waals surface area (Å²) < 4.78 is 15.7. The summed E-state index contributed by atoms with van der Waals surface area (Å²) in [5, 5.41) is 14.4. The Hall–Kier alpha value is -4.64. The first-order valence-electron chi connectivity index (χ1n) is 11.8. The van der Waals surface area contributed by atoms with Crippen molar-refractivity contribution >= 4 is 23.2 Å². The topological polar surface area (TPSA) is 123 Å². The van der Waals surface area contributed by atoms with Crippen molar-refractivity contribution in [2.45, 2.75) is 18.9 Å². The number of fused-ring (bicyclic) bond motifs is 1. The molecule has 6 rings (SSSR count). The number of carbonyl (C=O) groups excluding carboxylic acids is 1. The second-order valence-corrected chi connectivity index (χ2v) is 9.29. The third-order valence-corrected chi connectivity index (χ3v) is 6.75. The number of amides is 1. The lowest BCUT2D eigenvalue weighted by Crippen LogP contribution is -2.23. The number of hydrogen-bond acceptors (Lipinski definition) is 6. The molecule has 4 heterocycles. The van der Waals surface area contributed by atoms with E-state index in [4.69, 9.17) is 11.6 Å². The maximum Gasteiger partial charge on any atom is 0.255 e. The fourth-order valence-electron chi connectivity index (χ4n) is 4.80. The van der Waals surface area contributed by atoms with E-state index < -0.39 is 12.6 Å². The minimum absolute atomic E-state index is 0.145. The van der Waals surface area contributed by atoms with Crippen LogP contribution in [0.3, 0.4) is 0 Å². The molecule has 5 aromatic rings. The number of pyridine rings is 1. The zero-order valence-corrected chi connectivity index (χ0v) is 20.6. The second kappa shape index (κ2) is 9.67. The Labute approximate surface area is 220 Å². The molecule has 0 spiro atoms. The van der Waals surface area contributed by atoms with Crippen molar-refractivity contribution in [2.24, 2.45) is 0 Å². The van der Waals surface area contributed by atoms with Gasteiger partial charge in [-0.25, -0.2) is 9.37 Å². The predicted octanol–water partition coefficient (Wildman–Crippen LogP) is 3.98. The molecule has 0 saturated heterocycles. The third kappa shape index (κ3) is 4.37. The molecule has 10 nitrogen and oxygen atoms in total. The van der Waals surface area contributed by atoms with Crippen LogP contribution < -0.4 is 10.9 Å². The van der Waals surface area contributed by atoms with Crippen LogP contribution in [0.25, 0.3) is 28.1 Å². The highest BCUT2D eigenvalue weighted by Crippen LogP contribution is 2.34. The highest BCUT2D eigenvalue weighted by molar-refractivity contribution is 6.31. The van der Waals surface area contributed by atoms with E-state index in [0.29, 0.717) is 28.6 Å². The average molecular weight is 531 g/mol. The molecule has 3 aromatic heterocycles. The van der Waals surface area contributed by atoms with Crippen molar-refractivity contribution in [3.63, 3.8) is 0 Å². The molecule has 190 valence electrons. The van der Waals surface area contributed by atoms with Crippen LogP contribution in [-0.2, 0) is 11.2 Å². The molecule has 1 aliphatic heterocycles. The molecule has 0 unspecified atom stereocenters. The largest absolute Gasteiger partial charge is 0.340 e. The van der Waals surface area contributed by atoms with E-state index in [-0.39, 0.29) is 11.6 Å². The molecule has 12 heteroatoms. The lowest BCUT2D eigenvalue weighted by atomic mass is 10.0. The molecule has 0 radical (unpaired) electrons. The van der Waals surface area contributed by atoms with E-state index in [2.05, 4.69) is 30.8 Å². The zero-order valence-electron chi connectivity index (χ0n) is 19.8. The normalized spacial score (nSPS) is 14.4. The Morgan fingerprint density at radius 2 is 1.97 bits per heavy atom. The van der Waals surface area contributed by atoms with Gasteiger partial charge in [-0.05, 0) is 70.8 Å². The maximum atomic E-state index is 13.4. The number of aromatic nitrogens is 7. The number of carbonyl (C=O) groups is 1. The first-order chi connectivity index (χ1) is 18.5. The first kappa shape index (κ1) is 23.7. The van der Waals surface area contributed by atoms with Crippen LogP contribution >= 0.6 is 11.6 Å². The average Bonchev–Trinajstić information content (AvgIpc) is 3.70. The zero-order chi connectivity index (χ0) is 26.2. The van der Waals surface area contributed by atoms with Crippen molar-refractivity contribution < 1.29 is 9.18 Å². The molecule has 38 heavy (non-hydrogen) atoms. The molecule has 1 amide bonds. The van der Waals surface area contributed by atoms with Gasteiger partial charge in [0, 0.05) is 28.0 Å². The fraction of sp³-hybridized carbons (Fsp3) is 0.154. The van der Waals surface area contributed by atoms with Crippen molar-refractivity contribution in [1.29, 1.82) is 0 Å². The number of aromatic amines is 1. The maximum absolute atomic E-state index is 13.4. The van der Waals surface area contributed by atoms with E-state index in [1.54, 1.807) is 53.2 Å². The summed E-state index contributed by atoms with van der Waals surface area (Å²) in [6, 6.07) is 15.7. The van der Waals surface area contributed by atoms with Crippen LogP contribution in [0.1, 0.15) is 24.0 Å². The summed E-state index contributed by atoms with van der Waals surface area (Å²) in [5.74, 6) is -0.0161. The number of alkyl halides is 1. The van der Waals surface area contributed by atoms with Crippen LogP contribution in [0.5, 0.6) is 0 Å². The standard InChI is InChI=1S/C26H20ClFN8O2/c27-17-3-7-22(35-14-30-33-34-35)20(11-17)16-9-19-6-8-23(36(19)25(38)10-16)26-29-13-21(32-26)15-1-4-18(5-2-15)31-24(37)12-28/h1-5,7,9-11,13-14,23H,6,8,12H2,(H,29,32)(H,31,37)/t23-/m0/s1. The van der Waals surface area contributed by atoms with Gasteiger partial charge >= 0.3 is 0 Å². The Morgan fingerprint density at radius 1 is 1.13 bits per heavy atom. The molecule has 1 aliphatic rings. The summed E-state index contributed by atoms with van der Waals surface area (Å²) in [5.41, 5.74) is 5.07. The van der Waals surface area contributed by atoms with E-state index in [1.807, 2.05) is 12.1 Å². The van der Waals surface area contributed by atoms with Gasteiger partial charge in [0.1, 0.15) is 12.2 Å². The number of halogens is 2. The highest BCUT2D eigenvalue weighted by Gasteiger charge is 2.28. The summed E-state index contributed by atoms with van der Waals surface area (Å²) in [6.45, 7) is -1.07. The van der Waals surface area contributed by atoms with E-state index in [1.165, 1.54) is 11.0 Å². The Kier molecular flexibility index (Phi) is 6.04. The number of anilines is 1. The summed E-state index contributed by atoms with van der Waals surface area (Å²) in [4.78, 5) is 32.5. The molecular formula is C26H20ClFN8O2. The van der Waals surface area contributed by atoms with Gasteiger partial charge in [-0.1, -0.05) is 23.7 Å². The smallest absolute Gasteiger partial charge is 0.255 e. The number of benzene rings is 2. The fourth-order valence-corrected chi connectivity index (χ4v) is 4.97. The van der Waals surface area contributed by atoms with E-state index >= 15 is 0 Å². The summed E-state index contributed by atoms with van der Waals surface area (Å²) >= 11 is 6.29. The molecular weight excluding hydrogens is 511 g/mol. The SMILES string of the molecule is O=C(CF)Nc1ccc(-c2cnc([C@@H]3CCc4cc(-c5cc(Cl)ccc5-n5cnnn5)cc(=O)n43)[nH]2)cc1. The quantitative estimate of drug-likeness (QED) is 0.342. The number of imidazole rings is 1. The number of H-pyrrole nitrogens is 1. The van der Waals surface area contributed by atoms with Crippen molar-refractivity contribution in [1.82, 2.24) is 34.7 Å². The number of nitrogens with zero attached hydrogens (tertiary/aromatic N) is 6. The van der Waals surface area contributed by atoms with Crippen LogP contribution in [-0.4, -0.2) is 47.3 Å². The van der Waals surface area contributed by atoms with Crippen molar-refractivity contribution in [3.8, 4) is 28.1 Å². The van der Waals surface area contributed by atoms with Crippen molar-refractivity contribution in [2.75, 3.05) is 12.0 Å². The summed E-state index contributed by atoms with van der Waals surface area (Å²) in [7, 11) is 0. The van der Waals surface area contributed by atoms with E-state index in [0.717, 1.165) is 34.5 Å². The molecule has 0 saturated carbocycles. The van der Waals surface area contributed by atoms with Gasteiger partial charge in [0.25, 0.3) is 11.5 Å². The highest BCUT2D eigenvalue weighted by atomic mass is 35.5. The van der Waals surface area contributed by atoms with E-state index in [9.17, 15) is 14.0 Å². The number of hydrogen-bond donors (Lipinski definition) is 2. The molecule has 0 bridgehead atoms. The summed E-state index contributed by atoms with van der Waals surface area (Å²) in [6.07, 6.45) is 4.63. The second-order valence-electron chi connectivity index (χ2n) is 8.86. The van der Waals surface area contributed by atoms with Crippen molar-refractivity contribution in [3.05, 3.63) is 94.0 Å². The lowest BCUT2D eigenvalue weighted by molar-refractivity contribution is -0.117. The monoisotopic (exact) mass is 530 g/mol. The first-order valence-corrected chi connectivity index (χ1v) is 12.2. The van der Waals surface area contributed by atoms with Gasteiger partial charge in [-0.2, -0.15) is 4.68 Å². The minimum atomic E-state index is -1.07. The van der Waals surface area contributed by atoms with Gasteiger partial charge in [-0.15, -0.1) is 5.10 Å². The predicted molar refractivity (Wildman–Crippen MR) is 139 cm³/mol. The Bertz CT molecular complexity index is 1700. The molecule has 2 N–H and O–H groups in total. The number of aryl methyl sites for hydroxylation is 1. The van der Waals surface area contributed by atoms with Crippen LogP contribution in [0.2, 0.25) is 5.02 Å². The van der Waals surface area contributed by atoms with Gasteiger partial charge in [0.2, 0.25) is 0 Å². The van der Waals surface area contributed by atoms with Gasteiger partial charge in [0.15, 0.2) is 6.67 Å². The Morgan fingerprint density at radius 3 is 2.74 bits per heavy atom. The number of rotatable bonds is 6. The molecule has 2 aromatic carbocycles. The molecule has 1 atom stereocenters. The van der Waals surface area contributed by atoms with Gasteiger partial charge < -0.3 is 14.9 Å². The molecule has 0 fully saturated rings. The van der Waals surface area contributed by atoms with Gasteiger partial charge in [0.05, 0.1) is 23.6 Å². The minimum Gasteiger partial charge on any atom is -0.340 e. The lowest BCUT2D eigenvalue weighted by Gasteiger charge is -2.15. The van der Waals surface area contributed by atoms with Gasteiger partial charge in [-0.3, -0.25) is 9.59 Å². The number of tetrazole rings is 1. The molecule has 0 aliphatic carbocycles.